The van der Waals surface area contributed by atoms with Crippen LogP contribution in [0.25, 0.3) is 11.3 Å². The lowest BCUT2D eigenvalue weighted by molar-refractivity contribution is 0.671. The Bertz CT molecular complexity index is 480. The van der Waals surface area contributed by atoms with Crippen LogP contribution in [0.3, 0.4) is 0 Å². The van der Waals surface area contributed by atoms with Crippen LogP contribution in [-0.4, -0.2) is 4.57 Å². The molecule has 3 rings (SSSR count). The molecule has 0 fully saturated rings. The maximum absolute atomic E-state index is 2.41. The first-order valence-electron chi connectivity index (χ1n) is 5.11. The van der Waals surface area contributed by atoms with Gasteiger partial charge in [0.2, 0.25) is 0 Å². The van der Waals surface area contributed by atoms with E-state index in [1.165, 1.54) is 28.9 Å². The molecular weight excluding hydrogens is 170 g/mol. The molecule has 0 spiro atoms. The number of aromatic nitrogens is 1. The molecule has 0 saturated carbocycles. The summed E-state index contributed by atoms with van der Waals surface area (Å²) in [5, 5.41) is 0. The molecule has 0 saturated heterocycles. The van der Waals surface area contributed by atoms with E-state index in [-0.39, 0.29) is 0 Å². The van der Waals surface area contributed by atoms with E-state index in [9.17, 15) is 0 Å². The third-order valence-electron chi connectivity index (χ3n) is 3.10. The molecule has 1 aliphatic rings. The van der Waals surface area contributed by atoms with Crippen LogP contribution in [0.1, 0.15) is 11.3 Å². The lowest BCUT2D eigenvalue weighted by Crippen LogP contribution is -2.11. The second-order valence-corrected chi connectivity index (χ2v) is 3.92. The molecule has 1 aliphatic heterocycles. The predicted octanol–water partition coefficient (Wildman–Crippen LogP) is 3.02. The van der Waals surface area contributed by atoms with Crippen molar-refractivity contribution in [3.05, 3.63) is 47.7 Å². The van der Waals surface area contributed by atoms with Gasteiger partial charge in [-0.2, -0.15) is 0 Å². The number of benzene rings is 1. The highest BCUT2D eigenvalue weighted by molar-refractivity contribution is 5.66. The van der Waals surface area contributed by atoms with Gasteiger partial charge in [-0.05, 0) is 31.0 Å². The lowest BCUT2D eigenvalue weighted by Gasteiger charge is -2.20. The van der Waals surface area contributed by atoms with Crippen molar-refractivity contribution in [2.45, 2.75) is 19.9 Å². The molecule has 0 radical (unpaired) electrons. The van der Waals surface area contributed by atoms with Crippen molar-refractivity contribution < 1.29 is 0 Å². The molecule has 0 aliphatic carbocycles. The number of nitrogens with zero attached hydrogens (tertiary/aromatic N) is 1. The van der Waals surface area contributed by atoms with Crippen LogP contribution in [0.2, 0.25) is 0 Å². The Morgan fingerprint density at radius 1 is 1.07 bits per heavy atom. The summed E-state index contributed by atoms with van der Waals surface area (Å²) in [6.07, 6.45) is 1.17. The van der Waals surface area contributed by atoms with Crippen molar-refractivity contribution >= 4 is 0 Å². The van der Waals surface area contributed by atoms with Gasteiger partial charge in [-0.25, -0.2) is 0 Å². The van der Waals surface area contributed by atoms with Crippen LogP contribution in [0.5, 0.6) is 0 Å². The van der Waals surface area contributed by atoms with E-state index < -0.39 is 0 Å². The van der Waals surface area contributed by atoms with Crippen LogP contribution in [0, 0.1) is 6.92 Å². The standard InChI is InChI=1S/C13H13N/c1-10-6-7-13-12-5-3-2-4-11(12)8-9-14(10)13/h2-7H,8-9H2,1H3. The van der Waals surface area contributed by atoms with Gasteiger partial charge in [0.05, 0.1) is 0 Å². The van der Waals surface area contributed by atoms with Crippen LogP contribution in [0.4, 0.5) is 0 Å². The fourth-order valence-electron chi connectivity index (χ4n) is 2.32. The lowest BCUT2D eigenvalue weighted by atomic mass is 9.99. The smallest absolute Gasteiger partial charge is 0.0485 e. The first-order valence-corrected chi connectivity index (χ1v) is 5.11. The quantitative estimate of drug-likeness (QED) is 0.591. The van der Waals surface area contributed by atoms with Gasteiger partial charge in [-0.15, -0.1) is 0 Å². The van der Waals surface area contributed by atoms with E-state index >= 15 is 0 Å². The Hall–Kier alpha value is -1.50. The summed E-state index contributed by atoms with van der Waals surface area (Å²) >= 11 is 0. The third-order valence-corrected chi connectivity index (χ3v) is 3.10. The largest absolute Gasteiger partial charge is 0.345 e. The first kappa shape index (κ1) is 7.86. The van der Waals surface area contributed by atoms with E-state index in [1.807, 2.05) is 0 Å². The maximum Gasteiger partial charge on any atom is 0.0485 e. The molecule has 70 valence electrons. The van der Waals surface area contributed by atoms with Gasteiger partial charge >= 0.3 is 0 Å². The fraction of sp³-hybridized carbons (Fsp3) is 0.231. The van der Waals surface area contributed by atoms with Gasteiger partial charge in [-0.1, -0.05) is 24.3 Å². The average Bonchev–Trinajstić information content (AvgIpc) is 2.61. The molecule has 14 heavy (non-hydrogen) atoms. The van der Waals surface area contributed by atoms with E-state index in [4.69, 9.17) is 0 Å². The summed E-state index contributed by atoms with van der Waals surface area (Å²) in [6.45, 7) is 3.31. The zero-order valence-corrected chi connectivity index (χ0v) is 8.33. The second kappa shape index (κ2) is 2.74. The minimum absolute atomic E-state index is 1.13. The number of hydrogen-bond acceptors (Lipinski definition) is 0. The molecular formula is C13H13N. The summed E-state index contributed by atoms with van der Waals surface area (Å²) in [7, 11) is 0. The van der Waals surface area contributed by atoms with Gasteiger partial charge in [0, 0.05) is 23.5 Å². The van der Waals surface area contributed by atoms with Gasteiger partial charge in [0.1, 0.15) is 0 Å². The molecule has 0 bridgehead atoms. The Balaban J connectivity index is 2.29. The minimum atomic E-state index is 1.13. The summed E-state index contributed by atoms with van der Waals surface area (Å²) < 4.78 is 2.41. The van der Waals surface area contributed by atoms with Crippen LogP contribution in [0.15, 0.2) is 36.4 Å². The van der Waals surface area contributed by atoms with E-state index in [0.29, 0.717) is 0 Å². The molecule has 1 nitrogen and oxygen atoms in total. The molecule has 1 aromatic heterocycles. The average molecular weight is 183 g/mol. The van der Waals surface area contributed by atoms with Crippen molar-refractivity contribution in [2.24, 2.45) is 0 Å². The number of hydrogen-bond donors (Lipinski definition) is 0. The Morgan fingerprint density at radius 2 is 1.93 bits per heavy atom. The highest BCUT2D eigenvalue weighted by Crippen LogP contribution is 2.30. The Morgan fingerprint density at radius 3 is 2.86 bits per heavy atom. The normalized spacial score (nSPS) is 13.5. The zero-order chi connectivity index (χ0) is 9.54. The molecule has 2 heterocycles. The fourth-order valence-corrected chi connectivity index (χ4v) is 2.32. The van der Waals surface area contributed by atoms with Crippen molar-refractivity contribution in [3.8, 4) is 11.3 Å². The molecule has 0 unspecified atom stereocenters. The number of rotatable bonds is 0. The summed E-state index contributed by atoms with van der Waals surface area (Å²) in [4.78, 5) is 0. The highest BCUT2D eigenvalue weighted by atomic mass is 15.0. The van der Waals surface area contributed by atoms with Crippen LogP contribution < -0.4 is 0 Å². The zero-order valence-electron chi connectivity index (χ0n) is 8.33. The first-order chi connectivity index (χ1) is 6.86. The molecule has 0 amide bonds. The minimum Gasteiger partial charge on any atom is -0.345 e. The summed E-state index contributed by atoms with van der Waals surface area (Å²) in [5.41, 5.74) is 5.64. The number of fused-ring (bicyclic) bond motifs is 3. The predicted molar refractivity (Wildman–Crippen MR) is 58.3 cm³/mol. The monoisotopic (exact) mass is 183 g/mol. The van der Waals surface area contributed by atoms with E-state index in [1.54, 1.807) is 0 Å². The van der Waals surface area contributed by atoms with Crippen molar-refractivity contribution in [1.82, 2.24) is 4.57 Å². The summed E-state index contributed by atoms with van der Waals surface area (Å²) in [5.74, 6) is 0. The van der Waals surface area contributed by atoms with Gasteiger partial charge in [0.15, 0.2) is 0 Å². The molecule has 2 aromatic rings. The van der Waals surface area contributed by atoms with Crippen molar-refractivity contribution in [2.75, 3.05) is 0 Å². The van der Waals surface area contributed by atoms with Crippen molar-refractivity contribution in [3.63, 3.8) is 0 Å². The van der Waals surface area contributed by atoms with Gasteiger partial charge in [-0.3, -0.25) is 0 Å². The Labute approximate surface area is 84.0 Å². The maximum atomic E-state index is 2.41. The molecule has 0 N–H and O–H groups in total. The highest BCUT2D eigenvalue weighted by Gasteiger charge is 2.15. The second-order valence-electron chi connectivity index (χ2n) is 3.92. The van der Waals surface area contributed by atoms with E-state index in [2.05, 4.69) is 47.9 Å². The summed E-state index contributed by atoms with van der Waals surface area (Å²) in [6, 6.07) is 13.1. The van der Waals surface area contributed by atoms with Gasteiger partial charge in [0.25, 0.3) is 0 Å². The topological polar surface area (TPSA) is 4.93 Å². The third kappa shape index (κ3) is 0.955. The van der Waals surface area contributed by atoms with E-state index in [0.717, 1.165) is 6.54 Å². The van der Waals surface area contributed by atoms with Crippen LogP contribution >= 0.6 is 0 Å². The Kier molecular flexibility index (Phi) is 1.54. The van der Waals surface area contributed by atoms with Crippen molar-refractivity contribution in [1.29, 1.82) is 0 Å². The molecule has 1 heteroatoms. The SMILES string of the molecule is Cc1ccc2n1CCc1ccccc1-2. The molecule has 1 aromatic carbocycles. The van der Waals surface area contributed by atoms with Gasteiger partial charge < -0.3 is 4.57 Å². The van der Waals surface area contributed by atoms with Crippen LogP contribution in [-0.2, 0) is 13.0 Å². The number of aryl methyl sites for hydroxylation is 2. The molecule has 0 atom stereocenters.